The van der Waals surface area contributed by atoms with E-state index in [0.29, 0.717) is 12.2 Å². The van der Waals surface area contributed by atoms with Crippen LogP contribution in [0.4, 0.5) is 4.39 Å². The second-order valence-electron chi connectivity index (χ2n) is 6.10. The molecule has 4 heteroatoms. The average molecular weight is 277 g/mol. The largest absolute Gasteiger partial charge is 0.497 e. The van der Waals surface area contributed by atoms with E-state index in [9.17, 15) is 9.60 Å². The van der Waals surface area contributed by atoms with Gasteiger partial charge in [-0.2, -0.15) is 0 Å². The third kappa shape index (κ3) is 1.81. The average Bonchev–Trinajstić information content (AvgIpc) is 2.55. The quantitative estimate of drug-likeness (QED) is 0.628. The van der Waals surface area contributed by atoms with E-state index >= 15 is 0 Å². The molecule has 0 spiro atoms. The lowest BCUT2D eigenvalue weighted by Gasteiger charge is -2.39. The van der Waals surface area contributed by atoms with Gasteiger partial charge in [-0.15, -0.1) is 0 Å². The van der Waals surface area contributed by atoms with Crippen LogP contribution in [0.1, 0.15) is 43.7 Å². The smallest absolute Gasteiger partial charge is 0.130 e. The fraction of sp³-hybridized carbons (Fsp3) is 0.562. The maximum absolute atomic E-state index is 14.4. The number of fused-ring (bicyclic) bond motifs is 4. The predicted molar refractivity (Wildman–Crippen MR) is 75.2 cm³/mol. The maximum atomic E-state index is 14.4. The standard InChI is InChI=1S/C16H20FNO2/c1-16-6-4-3-5-10(15(16)18-19)7-12-13(16)8-11(20-2)9-14(12)17/h8-10,19H,3-7H2,1-2H3/b18-15-. The van der Waals surface area contributed by atoms with Crippen molar-refractivity contribution < 1.29 is 14.3 Å². The van der Waals surface area contributed by atoms with Crippen molar-refractivity contribution in [2.75, 3.05) is 7.11 Å². The molecule has 1 saturated carbocycles. The predicted octanol–water partition coefficient (Wildman–Crippen LogP) is 3.67. The molecule has 1 N–H and O–H groups in total. The van der Waals surface area contributed by atoms with Crippen molar-refractivity contribution in [1.29, 1.82) is 0 Å². The van der Waals surface area contributed by atoms with E-state index in [1.165, 1.54) is 6.07 Å². The van der Waals surface area contributed by atoms with Gasteiger partial charge in [-0.3, -0.25) is 0 Å². The van der Waals surface area contributed by atoms with Crippen molar-refractivity contribution in [1.82, 2.24) is 0 Å². The van der Waals surface area contributed by atoms with Crippen LogP contribution in [-0.2, 0) is 11.8 Å². The molecule has 1 fully saturated rings. The summed E-state index contributed by atoms with van der Waals surface area (Å²) < 4.78 is 19.6. The summed E-state index contributed by atoms with van der Waals surface area (Å²) in [5.41, 5.74) is 2.14. The Labute approximate surface area is 118 Å². The molecule has 1 aromatic carbocycles. The number of nitrogens with zero attached hydrogens (tertiary/aromatic N) is 1. The molecular formula is C16H20FNO2. The molecule has 0 radical (unpaired) electrons. The van der Waals surface area contributed by atoms with Crippen molar-refractivity contribution in [3.8, 4) is 5.75 Å². The molecule has 0 amide bonds. The summed E-state index contributed by atoms with van der Waals surface area (Å²) in [5.74, 6) is 0.486. The van der Waals surface area contributed by atoms with Gasteiger partial charge < -0.3 is 9.94 Å². The van der Waals surface area contributed by atoms with Gasteiger partial charge in [0, 0.05) is 17.4 Å². The number of rotatable bonds is 1. The van der Waals surface area contributed by atoms with Gasteiger partial charge in [0.1, 0.15) is 11.6 Å². The number of halogens is 1. The van der Waals surface area contributed by atoms with Crippen molar-refractivity contribution in [3.63, 3.8) is 0 Å². The van der Waals surface area contributed by atoms with Crippen LogP contribution in [0.15, 0.2) is 17.3 Å². The van der Waals surface area contributed by atoms with Crippen LogP contribution < -0.4 is 4.74 Å². The number of benzene rings is 1. The molecule has 20 heavy (non-hydrogen) atoms. The Hall–Kier alpha value is -1.58. The van der Waals surface area contributed by atoms with E-state index in [2.05, 4.69) is 12.1 Å². The van der Waals surface area contributed by atoms with Crippen molar-refractivity contribution in [2.45, 2.75) is 44.4 Å². The Morgan fingerprint density at radius 2 is 2.20 bits per heavy atom. The highest BCUT2D eigenvalue weighted by molar-refractivity contribution is 5.98. The molecule has 3 rings (SSSR count). The van der Waals surface area contributed by atoms with E-state index in [0.717, 1.165) is 42.5 Å². The zero-order valence-corrected chi connectivity index (χ0v) is 11.9. The van der Waals surface area contributed by atoms with Gasteiger partial charge in [-0.1, -0.05) is 24.9 Å². The molecule has 2 atom stereocenters. The van der Waals surface area contributed by atoms with Gasteiger partial charge in [-0.05, 0) is 36.5 Å². The van der Waals surface area contributed by atoms with Gasteiger partial charge >= 0.3 is 0 Å². The fourth-order valence-corrected chi connectivity index (χ4v) is 3.92. The van der Waals surface area contributed by atoms with E-state index in [1.807, 2.05) is 6.07 Å². The first-order valence-corrected chi connectivity index (χ1v) is 7.19. The fourth-order valence-electron chi connectivity index (χ4n) is 3.92. The zero-order chi connectivity index (χ0) is 14.3. The first-order chi connectivity index (χ1) is 9.60. The topological polar surface area (TPSA) is 41.8 Å². The van der Waals surface area contributed by atoms with Crippen LogP contribution >= 0.6 is 0 Å². The van der Waals surface area contributed by atoms with Crippen LogP contribution in [-0.4, -0.2) is 18.0 Å². The lowest BCUT2D eigenvalue weighted by Crippen LogP contribution is -2.42. The van der Waals surface area contributed by atoms with E-state index in [1.54, 1.807) is 7.11 Å². The third-order valence-electron chi connectivity index (χ3n) is 4.99. The molecular weight excluding hydrogens is 257 g/mol. The normalized spacial score (nSPS) is 30.8. The molecule has 2 aliphatic carbocycles. The highest BCUT2D eigenvalue weighted by Gasteiger charge is 2.45. The van der Waals surface area contributed by atoms with Gasteiger partial charge in [0.2, 0.25) is 0 Å². The summed E-state index contributed by atoms with van der Waals surface area (Å²) in [6.07, 6.45) is 4.67. The number of oxime groups is 1. The molecule has 2 aliphatic rings. The highest BCUT2D eigenvalue weighted by Crippen LogP contribution is 2.47. The molecule has 0 saturated heterocycles. The summed E-state index contributed by atoms with van der Waals surface area (Å²) >= 11 is 0. The lowest BCUT2D eigenvalue weighted by atomic mass is 9.64. The van der Waals surface area contributed by atoms with E-state index in [-0.39, 0.29) is 17.2 Å². The van der Waals surface area contributed by atoms with Crippen molar-refractivity contribution in [2.24, 2.45) is 11.1 Å². The minimum Gasteiger partial charge on any atom is -0.497 e. The Balaban J connectivity index is 2.24. The number of hydrogen-bond donors (Lipinski definition) is 1. The Morgan fingerprint density at radius 3 is 2.90 bits per heavy atom. The molecule has 108 valence electrons. The Kier molecular flexibility index (Phi) is 3.19. The lowest BCUT2D eigenvalue weighted by molar-refractivity contribution is 0.304. The van der Waals surface area contributed by atoms with Crippen molar-refractivity contribution in [3.05, 3.63) is 29.1 Å². The minimum atomic E-state index is -0.376. The second kappa shape index (κ2) is 4.76. The van der Waals surface area contributed by atoms with E-state index in [4.69, 9.17) is 4.74 Å². The molecule has 3 nitrogen and oxygen atoms in total. The number of methoxy groups -OCH3 is 1. The summed E-state index contributed by atoms with van der Waals surface area (Å²) in [5, 5.41) is 13.1. The zero-order valence-electron chi connectivity index (χ0n) is 11.9. The monoisotopic (exact) mass is 277 g/mol. The minimum absolute atomic E-state index is 0.155. The first-order valence-electron chi connectivity index (χ1n) is 7.19. The molecule has 0 heterocycles. The summed E-state index contributed by atoms with van der Waals surface area (Å²) in [4.78, 5) is 0. The second-order valence-corrected chi connectivity index (χ2v) is 6.10. The molecule has 2 unspecified atom stereocenters. The van der Waals surface area contributed by atoms with Gasteiger partial charge in [0.15, 0.2) is 0 Å². The Bertz CT molecular complexity index is 570. The molecule has 0 aromatic heterocycles. The third-order valence-corrected chi connectivity index (χ3v) is 4.99. The highest BCUT2D eigenvalue weighted by atomic mass is 19.1. The first kappa shape index (κ1) is 13.4. The number of ether oxygens (including phenoxy) is 1. The Morgan fingerprint density at radius 1 is 1.40 bits per heavy atom. The maximum Gasteiger partial charge on any atom is 0.130 e. The molecule has 1 aromatic rings. The number of hydrogen-bond acceptors (Lipinski definition) is 3. The molecule has 2 bridgehead atoms. The van der Waals surface area contributed by atoms with Crippen LogP contribution in [0.5, 0.6) is 5.75 Å². The van der Waals surface area contributed by atoms with Crippen LogP contribution in [0.2, 0.25) is 0 Å². The van der Waals surface area contributed by atoms with Gasteiger partial charge in [0.05, 0.1) is 12.8 Å². The van der Waals surface area contributed by atoms with Crippen LogP contribution in [0.25, 0.3) is 0 Å². The van der Waals surface area contributed by atoms with E-state index < -0.39 is 0 Å². The van der Waals surface area contributed by atoms with Gasteiger partial charge in [-0.25, -0.2) is 4.39 Å². The SMILES string of the molecule is COc1cc(F)c2c(c1)C1(C)CCCCC(C2)/C1=N/O. The van der Waals surface area contributed by atoms with Crippen LogP contribution in [0, 0.1) is 11.7 Å². The van der Waals surface area contributed by atoms with Gasteiger partial charge in [0.25, 0.3) is 0 Å². The van der Waals surface area contributed by atoms with Crippen molar-refractivity contribution >= 4 is 5.71 Å². The summed E-state index contributed by atoms with van der Waals surface area (Å²) in [6, 6.07) is 3.36. The van der Waals surface area contributed by atoms with Crippen LogP contribution in [0.3, 0.4) is 0 Å². The molecule has 0 aliphatic heterocycles. The summed E-state index contributed by atoms with van der Waals surface area (Å²) in [7, 11) is 1.54. The summed E-state index contributed by atoms with van der Waals surface area (Å²) in [6.45, 7) is 2.07.